The number of Topliss-reactive ketones (excluding diaryl/α,β-unsaturated/α-hetero) is 1. The minimum atomic E-state index is -0.898. The van der Waals surface area contributed by atoms with Crippen LogP contribution in [0.15, 0.2) is 30.3 Å². The average Bonchev–Trinajstić information content (AvgIpc) is 3.05. The Hall–Kier alpha value is -2.48. The van der Waals surface area contributed by atoms with Crippen LogP contribution in [0.5, 0.6) is 0 Å². The zero-order valence-corrected chi connectivity index (χ0v) is 25.6. The molecule has 0 saturated heterocycles. The van der Waals surface area contributed by atoms with Gasteiger partial charge in [-0.3, -0.25) is 4.79 Å². The zero-order valence-electron chi connectivity index (χ0n) is 25.6. The third-order valence-electron chi connectivity index (χ3n) is 5.22. The zero-order chi connectivity index (χ0) is 31.6. The van der Waals surface area contributed by atoms with Crippen LogP contribution in [0, 0.1) is 12.3 Å². The molecule has 0 aromatic heterocycles. The highest BCUT2D eigenvalue weighted by Crippen LogP contribution is 2.01. The molecule has 0 aliphatic carbocycles. The van der Waals surface area contributed by atoms with E-state index in [4.69, 9.17) is 58.5 Å². The fourth-order valence-corrected chi connectivity index (χ4v) is 3.08. The molecule has 0 spiro atoms. The average molecular weight is 629 g/mol. The summed E-state index contributed by atoms with van der Waals surface area (Å²) in [5.41, 5.74) is 0.295. The second-order valence-corrected chi connectivity index (χ2v) is 8.60. The lowest BCUT2D eigenvalue weighted by molar-refractivity contribution is -0.139. The van der Waals surface area contributed by atoms with Crippen LogP contribution >= 0.6 is 0 Å². The summed E-state index contributed by atoms with van der Waals surface area (Å²) in [7, 11) is 0. The molecule has 0 amide bonds. The molecule has 0 aliphatic rings. The number of hydrogen-bond donors (Lipinski definition) is 0. The maximum absolute atomic E-state index is 11.9. The Balaban J connectivity index is 1.67. The van der Waals surface area contributed by atoms with Crippen molar-refractivity contribution in [3.8, 4) is 12.3 Å². The molecule has 250 valence electrons. The van der Waals surface area contributed by atoms with Crippen LogP contribution in [-0.4, -0.2) is 150 Å². The van der Waals surface area contributed by atoms with E-state index >= 15 is 0 Å². The predicted octanol–water partition coefficient (Wildman–Crippen LogP) is 1.21. The lowest BCUT2D eigenvalue weighted by atomic mass is 10.1. The van der Waals surface area contributed by atoms with Gasteiger partial charge in [0.15, 0.2) is 0 Å². The maximum Gasteiger partial charge on any atom is 0.379 e. The van der Waals surface area contributed by atoms with Crippen molar-refractivity contribution in [2.24, 2.45) is 0 Å². The molecule has 13 heteroatoms. The summed E-state index contributed by atoms with van der Waals surface area (Å²) in [6.45, 7) is 8.85. The van der Waals surface area contributed by atoms with Gasteiger partial charge in [0.25, 0.3) is 5.78 Å². The predicted molar refractivity (Wildman–Crippen MR) is 159 cm³/mol. The first kappa shape index (κ1) is 39.5. The summed E-state index contributed by atoms with van der Waals surface area (Å²) in [5.74, 6) is 0.817. The molecule has 0 atom stereocenters. The molecule has 1 rings (SSSR count). The molecule has 44 heavy (non-hydrogen) atoms. The van der Waals surface area contributed by atoms with Gasteiger partial charge in [-0.25, -0.2) is 4.79 Å². The van der Waals surface area contributed by atoms with Crippen LogP contribution in [0.1, 0.15) is 10.4 Å². The lowest BCUT2D eigenvalue weighted by Gasteiger charge is -2.09. The SMILES string of the molecule is C#CCOCCOCCOCCOCCOCCOCCOCCOCCOCCOCCOC(=O)C(=O)c1ccccc1. The minimum Gasteiger partial charge on any atom is -0.457 e. The molecule has 0 fully saturated rings. The first-order valence-corrected chi connectivity index (χ1v) is 14.7. The molecule has 0 saturated carbocycles. The third-order valence-corrected chi connectivity index (χ3v) is 5.22. The first-order chi connectivity index (χ1) is 21.8. The Labute approximate surface area is 260 Å². The maximum atomic E-state index is 11.9. The number of carbonyl (C=O) groups excluding carboxylic acids is 2. The quantitative estimate of drug-likeness (QED) is 0.0363. The van der Waals surface area contributed by atoms with Crippen molar-refractivity contribution >= 4 is 11.8 Å². The molecule has 0 N–H and O–H groups in total. The molecule has 0 heterocycles. The smallest absolute Gasteiger partial charge is 0.379 e. The topological polar surface area (TPSA) is 136 Å². The third kappa shape index (κ3) is 26.0. The molecular formula is C31H48O13. The molecule has 1 aromatic carbocycles. The van der Waals surface area contributed by atoms with E-state index in [1.807, 2.05) is 0 Å². The van der Waals surface area contributed by atoms with Crippen molar-refractivity contribution in [3.63, 3.8) is 0 Å². The molecule has 0 radical (unpaired) electrons. The Kier molecular flexibility index (Phi) is 28.7. The van der Waals surface area contributed by atoms with Gasteiger partial charge in [-0.15, -0.1) is 6.42 Å². The minimum absolute atomic E-state index is 0.00302. The molecular weight excluding hydrogens is 580 g/mol. The van der Waals surface area contributed by atoms with E-state index in [0.717, 1.165) is 0 Å². The largest absolute Gasteiger partial charge is 0.457 e. The van der Waals surface area contributed by atoms with E-state index in [-0.39, 0.29) is 13.2 Å². The van der Waals surface area contributed by atoms with Crippen molar-refractivity contribution in [1.29, 1.82) is 0 Å². The van der Waals surface area contributed by atoms with E-state index < -0.39 is 11.8 Å². The normalized spacial score (nSPS) is 11.0. The summed E-state index contributed by atoms with van der Waals surface area (Å²) in [5, 5.41) is 0. The number of hydrogen-bond acceptors (Lipinski definition) is 13. The summed E-state index contributed by atoms with van der Waals surface area (Å²) in [4.78, 5) is 23.6. The second-order valence-electron chi connectivity index (χ2n) is 8.60. The van der Waals surface area contributed by atoms with E-state index in [1.54, 1.807) is 30.3 Å². The van der Waals surface area contributed by atoms with Crippen LogP contribution in [0.4, 0.5) is 0 Å². The molecule has 13 nitrogen and oxygen atoms in total. The summed E-state index contributed by atoms with van der Waals surface area (Å²) in [6, 6.07) is 8.25. The van der Waals surface area contributed by atoms with Crippen LogP contribution in [0.2, 0.25) is 0 Å². The monoisotopic (exact) mass is 628 g/mol. The van der Waals surface area contributed by atoms with Crippen LogP contribution < -0.4 is 0 Å². The number of rotatable bonds is 33. The molecule has 0 unspecified atom stereocenters. The van der Waals surface area contributed by atoms with Gasteiger partial charge < -0.3 is 52.1 Å². The van der Waals surface area contributed by atoms with E-state index in [9.17, 15) is 9.59 Å². The standard InChI is InChI=1S/C31H48O13/c1-2-8-34-9-10-35-11-12-36-13-14-37-15-16-38-17-18-39-19-20-40-21-22-41-23-24-42-25-26-43-27-28-44-31(33)30(32)29-6-4-3-5-7-29/h1,3-7H,8-28H2. The van der Waals surface area contributed by atoms with Gasteiger partial charge in [-0.05, 0) is 0 Å². The Morgan fingerprint density at radius 2 is 0.750 bits per heavy atom. The van der Waals surface area contributed by atoms with Gasteiger partial charge in [0.05, 0.1) is 126 Å². The van der Waals surface area contributed by atoms with Gasteiger partial charge in [0.1, 0.15) is 13.2 Å². The number of ketones is 1. The lowest BCUT2D eigenvalue weighted by Crippen LogP contribution is -2.20. The van der Waals surface area contributed by atoms with Crippen molar-refractivity contribution < 1.29 is 61.7 Å². The highest BCUT2D eigenvalue weighted by molar-refractivity contribution is 6.40. The fraction of sp³-hybridized carbons (Fsp3) is 0.677. The highest BCUT2D eigenvalue weighted by Gasteiger charge is 2.17. The number of ether oxygens (including phenoxy) is 11. The molecule has 1 aromatic rings. The van der Waals surface area contributed by atoms with E-state index in [2.05, 4.69) is 5.92 Å². The van der Waals surface area contributed by atoms with Crippen molar-refractivity contribution in [1.82, 2.24) is 0 Å². The summed E-state index contributed by atoms with van der Waals surface area (Å²) >= 11 is 0. The Morgan fingerprint density at radius 3 is 1.07 bits per heavy atom. The van der Waals surface area contributed by atoms with Crippen molar-refractivity contribution in [2.75, 3.05) is 139 Å². The number of benzene rings is 1. The van der Waals surface area contributed by atoms with Crippen LogP contribution in [-0.2, 0) is 56.9 Å². The van der Waals surface area contributed by atoms with Gasteiger partial charge in [0.2, 0.25) is 0 Å². The molecule has 0 aliphatic heterocycles. The van der Waals surface area contributed by atoms with E-state index in [1.165, 1.54) is 0 Å². The fourth-order valence-electron chi connectivity index (χ4n) is 3.08. The van der Waals surface area contributed by atoms with Gasteiger partial charge in [-0.1, -0.05) is 36.3 Å². The number of terminal acetylenes is 1. The van der Waals surface area contributed by atoms with Gasteiger partial charge in [0, 0.05) is 5.56 Å². The van der Waals surface area contributed by atoms with Crippen molar-refractivity contribution in [2.45, 2.75) is 0 Å². The highest BCUT2D eigenvalue weighted by atomic mass is 16.6. The second kappa shape index (κ2) is 31.9. The summed E-state index contributed by atoms with van der Waals surface area (Å²) < 4.78 is 58.6. The van der Waals surface area contributed by atoms with Gasteiger partial charge >= 0.3 is 5.97 Å². The van der Waals surface area contributed by atoms with E-state index in [0.29, 0.717) is 131 Å². The first-order valence-electron chi connectivity index (χ1n) is 14.7. The van der Waals surface area contributed by atoms with Crippen LogP contribution in [0.3, 0.4) is 0 Å². The van der Waals surface area contributed by atoms with Crippen LogP contribution in [0.25, 0.3) is 0 Å². The van der Waals surface area contributed by atoms with Gasteiger partial charge in [-0.2, -0.15) is 0 Å². The Morgan fingerprint density at radius 1 is 0.455 bits per heavy atom. The number of esters is 1. The summed E-state index contributed by atoms with van der Waals surface area (Å²) in [6.07, 6.45) is 5.07. The number of carbonyl (C=O) groups is 2. The Bertz CT molecular complexity index is 832. The molecule has 0 bridgehead atoms. The van der Waals surface area contributed by atoms with Crippen molar-refractivity contribution in [3.05, 3.63) is 35.9 Å².